The Bertz CT molecular complexity index is 302. The molecule has 0 aromatic heterocycles. The van der Waals surface area contributed by atoms with E-state index < -0.39 is 0 Å². The highest BCUT2D eigenvalue weighted by Gasteiger charge is 2.23. The fourth-order valence-corrected chi connectivity index (χ4v) is 3.48. The highest BCUT2D eigenvalue weighted by molar-refractivity contribution is 5.78. The summed E-state index contributed by atoms with van der Waals surface area (Å²) in [6, 6.07) is 0.941. The molecule has 0 unspecified atom stereocenters. The van der Waals surface area contributed by atoms with Gasteiger partial charge in [0.25, 0.3) is 0 Å². The SMILES string of the molecule is C[C@@H]1CN[C@@H](C)CN1CC(=O)NCCCC1CCCC1. The van der Waals surface area contributed by atoms with Crippen LogP contribution in [0.1, 0.15) is 52.4 Å². The van der Waals surface area contributed by atoms with Gasteiger partial charge in [0.15, 0.2) is 0 Å². The van der Waals surface area contributed by atoms with Gasteiger partial charge in [0.2, 0.25) is 5.91 Å². The number of nitrogens with zero attached hydrogens (tertiary/aromatic N) is 1. The molecule has 1 aliphatic carbocycles. The summed E-state index contributed by atoms with van der Waals surface area (Å²) in [7, 11) is 0. The Morgan fingerprint density at radius 3 is 2.80 bits per heavy atom. The third-order valence-electron chi connectivity index (χ3n) is 4.83. The van der Waals surface area contributed by atoms with E-state index in [0.717, 1.165) is 32.0 Å². The van der Waals surface area contributed by atoms with Gasteiger partial charge in [0.05, 0.1) is 6.54 Å². The summed E-state index contributed by atoms with van der Waals surface area (Å²) in [6.45, 7) is 7.72. The van der Waals surface area contributed by atoms with Gasteiger partial charge >= 0.3 is 0 Å². The average Bonchev–Trinajstić information content (AvgIpc) is 2.92. The molecule has 1 saturated heterocycles. The fourth-order valence-electron chi connectivity index (χ4n) is 3.48. The van der Waals surface area contributed by atoms with Gasteiger partial charge in [-0.1, -0.05) is 25.7 Å². The van der Waals surface area contributed by atoms with Gasteiger partial charge in [-0.15, -0.1) is 0 Å². The zero-order chi connectivity index (χ0) is 14.4. The predicted octanol–water partition coefficient (Wildman–Crippen LogP) is 1.76. The molecule has 0 aromatic rings. The predicted molar refractivity (Wildman–Crippen MR) is 82.7 cm³/mol. The Morgan fingerprint density at radius 1 is 1.30 bits per heavy atom. The lowest BCUT2D eigenvalue weighted by molar-refractivity contribution is -0.123. The van der Waals surface area contributed by atoms with Crippen molar-refractivity contribution in [2.24, 2.45) is 5.92 Å². The van der Waals surface area contributed by atoms with Crippen LogP contribution in [0.4, 0.5) is 0 Å². The van der Waals surface area contributed by atoms with Gasteiger partial charge in [-0.3, -0.25) is 9.69 Å². The van der Waals surface area contributed by atoms with Crippen molar-refractivity contribution in [1.29, 1.82) is 0 Å². The van der Waals surface area contributed by atoms with Crippen molar-refractivity contribution >= 4 is 5.91 Å². The maximum Gasteiger partial charge on any atom is 0.234 e. The number of rotatable bonds is 6. The van der Waals surface area contributed by atoms with Crippen molar-refractivity contribution in [1.82, 2.24) is 15.5 Å². The number of nitrogens with one attached hydrogen (secondary N) is 2. The minimum atomic E-state index is 0.192. The smallest absolute Gasteiger partial charge is 0.234 e. The maximum atomic E-state index is 12.0. The first kappa shape index (κ1) is 15.8. The lowest BCUT2D eigenvalue weighted by Gasteiger charge is -2.36. The first-order valence-corrected chi connectivity index (χ1v) is 8.39. The summed E-state index contributed by atoms with van der Waals surface area (Å²) in [5, 5.41) is 6.53. The molecule has 4 heteroatoms. The van der Waals surface area contributed by atoms with Crippen LogP contribution in [-0.2, 0) is 4.79 Å². The minimum Gasteiger partial charge on any atom is -0.355 e. The molecule has 2 fully saturated rings. The van der Waals surface area contributed by atoms with E-state index in [1.807, 2.05) is 0 Å². The average molecular weight is 281 g/mol. The molecule has 1 heterocycles. The highest BCUT2D eigenvalue weighted by Crippen LogP contribution is 2.28. The van der Waals surface area contributed by atoms with Crippen LogP contribution in [-0.4, -0.2) is 49.1 Å². The molecule has 2 atom stereocenters. The molecule has 1 saturated carbocycles. The van der Waals surface area contributed by atoms with Crippen LogP contribution in [0.5, 0.6) is 0 Å². The van der Waals surface area contributed by atoms with Gasteiger partial charge in [-0.25, -0.2) is 0 Å². The summed E-state index contributed by atoms with van der Waals surface area (Å²) >= 11 is 0. The Balaban J connectivity index is 1.57. The van der Waals surface area contributed by atoms with Crippen molar-refractivity contribution in [2.45, 2.75) is 64.5 Å². The molecule has 1 aliphatic heterocycles. The lowest BCUT2D eigenvalue weighted by Crippen LogP contribution is -2.56. The molecule has 2 N–H and O–H groups in total. The molecule has 0 aromatic carbocycles. The third-order valence-corrected chi connectivity index (χ3v) is 4.83. The van der Waals surface area contributed by atoms with Crippen molar-refractivity contribution in [2.75, 3.05) is 26.2 Å². The van der Waals surface area contributed by atoms with Crippen molar-refractivity contribution in [3.63, 3.8) is 0 Å². The molecule has 20 heavy (non-hydrogen) atoms. The van der Waals surface area contributed by atoms with Gasteiger partial charge in [0.1, 0.15) is 0 Å². The quantitative estimate of drug-likeness (QED) is 0.729. The number of carbonyl (C=O) groups is 1. The zero-order valence-electron chi connectivity index (χ0n) is 13.2. The van der Waals surface area contributed by atoms with E-state index in [1.54, 1.807) is 0 Å². The van der Waals surface area contributed by atoms with E-state index >= 15 is 0 Å². The monoisotopic (exact) mass is 281 g/mol. The first-order chi connectivity index (χ1) is 9.65. The van der Waals surface area contributed by atoms with E-state index in [9.17, 15) is 4.79 Å². The van der Waals surface area contributed by atoms with Crippen LogP contribution in [0.3, 0.4) is 0 Å². The van der Waals surface area contributed by atoms with Crippen LogP contribution in [0, 0.1) is 5.92 Å². The molecular formula is C16H31N3O. The summed E-state index contributed by atoms with van der Waals surface area (Å²) in [4.78, 5) is 14.3. The van der Waals surface area contributed by atoms with Crippen LogP contribution in [0.15, 0.2) is 0 Å². The molecule has 1 amide bonds. The van der Waals surface area contributed by atoms with E-state index in [0.29, 0.717) is 18.6 Å². The number of hydrogen-bond acceptors (Lipinski definition) is 3. The van der Waals surface area contributed by atoms with E-state index in [4.69, 9.17) is 0 Å². The minimum absolute atomic E-state index is 0.192. The van der Waals surface area contributed by atoms with Gasteiger partial charge in [-0.2, -0.15) is 0 Å². The number of amides is 1. The molecule has 2 rings (SSSR count). The molecule has 2 aliphatic rings. The van der Waals surface area contributed by atoms with E-state index in [2.05, 4.69) is 29.4 Å². The Morgan fingerprint density at radius 2 is 2.05 bits per heavy atom. The molecular weight excluding hydrogens is 250 g/mol. The summed E-state index contributed by atoms with van der Waals surface area (Å²) in [6.07, 6.45) is 8.08. The van der Waals surface area contributed by atoms with Crippen LogP contribution >= 0.6 is 0 Å². The third kappa shape index (κ3) is 5.06. The van der Waals surface area contributed by atoms with Crippen LogP contribution in [0.25, 0.3) is 0 Å². The second-order valence-electron chi connectivity index (χ2n) is 6.73. The Labute approximate surface area is 123 Å². The van der Waals surface area contributed by atoms with Crippen molar-refractivity contribution in [3.8, 4) is 0 Å². The summed E-state index contributed by atoms with van der Waals surface area (Å²) in [5.41, 5.74) is 0. The topological polar surface area (TPSA) is 44.4 Å². The Kier molecular flexibility index (Phi) is 6.30. The van der Waals surface area contributed by atoms with E-state index in [1.165, 1.54) is 32.1 Å². The summed E-state index contributed by atoms with van der Waals surface area (Å²) in [5.74, 6) is 1.12. The zero-order valence-corrected chi connectivity index (χ0v) is 13.2. The Hall–Kier alpha value is -0.610. The van der Waals surface area contributed by atoms with Gasteiger partial charge in [-0.05, 0) is 32.6 Å². The second-order valence-corrected chi connectivity index (χ2v) is 6.73. The normalized spacial score (nSPS) is 28.7. The number of hydrogen-bond donors (Lipinski definition) is 2. The van der Waals surface area contributed by atoms with Crippen LogP contribution < -0.4 is 10.6 Å². The molecule has 0 bridgehead atoms. The molecule has 116 valence electrons. The lowest BCUT2D eigenvalue weighted by atomic mass is 10.0. The second kappa shape index (κ2) is 7.99. The van der Waals surface area contributed by atoms with Gasteiger partial charge < -0.3 is 10.6 Å². The van der Waals surface area contributed by atoms with E-state index in [-0.39, 0.29) is 5.91 Å². The number of piperazine rings is 1. The first-order valence-electron chi connectivity index (χ1n) is 8.39. The fraction of sp³-hybridized carbons (Fsp3) is 0.938. The number of carbonyl (C=O) groups excluding carboxylic acids is 1. The van der Waals surface area contributed by atoms with Crippen LogP contribution in [0.2, 0.25) is 0 Å². The largest absolute Gasteiger partial charge is 0.355 e. The maximum absolute atomic E-state index is 12.0. The molecule has 0 radical (unpaired) electrons. The standard InChI is InChI=1S/C16H31N3O/c1-13-11-19(14(2)10-18-13)12-16(20)17-9-5-8-15-6-3-4-7-15/h13-15,18H,3-12H2,1-2H3,(H,17,20)/t13-,14+/m0/s1. The molecule has 0 spiro atoms. The van der Waals surface area contributed by atoms with Crippen molar-refractivity contribution < 1.29 is 4.79 Å². The molecule has 4 nitrogen and oxygen atoms in total. The van der Waals surface area contributed by atoms with Gasteiger partial charge in [0, 0.05) is 31.7 Å². The highest BCUT2D eigenvalue weighted by atomic mass is 16.2. The van der Waals surface area contributed by atoms with Crippen molar-refractivity contribution in [3.05, 3.63) is 0 Å². The summed E-state index contributed by atoms with van der Waals surface area (Å²) < 4.78 is 0.